The fourth-order valence-corrected chi connectivity index (χ4v) is 3.52. The predicted octanol–water partition coefficient (Wildman–Crippen LogP) is 3.44. The molecule has 1 amide bonds. The summed E-state index contributed by atoms with van der Waals surface area (Å²) >= 11 is 0. The molecule has 0 aromatic heterocycles. The van der Waals surface area contributed by atoms with Crippen LogP contribution in [0.15, 0.2) is 54.6 Å². The first-order chi connectivity index (χ1) is 16.9. The van der Waals surface area contributed by atoms with E-state index in [9.17, 15) is 23.5 Å². The molecule has 6 nitrogen and oxygen atoms in total. The molecule has 3 rings (SSSR count). The number of carbonyl (C=O) groups excluding carboxylic acids is 2. The van der Waals surface area contributed by atoms with Crippen molar-refractivity contribution in [2.45, 2.75) is 51.4 Å². The van der Waals surface area contributed by atoms with Gasteiger partial charge in [0.25, 0.3) is 5.91 Å². The lowest BCUT2D eigenvalue weighted by Crippen LogP contribution is -2.49. The number of hydrogen-bond donors (Lipinski definition) is 2. The number of ether oxygens (including phenoxy) is 1. The standard InChI is InChI=1S/C27H29BF2NO5/c1-26(2,34)27(3,4)36-28-19-14-13-16(17-9-6-7-10-18(17)19)15-22(25(33)35-5)31-24(32)23-20(29)11-8-12-21(23)30/h6-14,22,34H,15H2,1-5H3,(H,31,32)/t22-/m0/s1. The number of hydrogen-bond acceptors (Lipinski definition) is 5. The van der Waals surface area contributed by atoms with Gasteiger partial charge in [-0.05, 0) is 61.6 Å². The lowest BCUT2D eigenvalue weighted by molar-refractivity contribution is -0.142. The zero-order valence-corrected chi connectivity index (χ0v) is 20.9. The smallest absolute Gasteiger partial charge is 0.331 e. The summed E-state index contributed by atoms with van der Waals surface area (Å²) in [7, 11) is 2.74. The maximum absolute atomic E-state index is 14.1. The second-order valence-corrected chi connectivity index (χ2v) is 9.51. The molecule has 0 aliphatic rings. The van der Waals surface area contributed by atoms with Gasteiger partial charge in [0.2, 0.25) is 0 Å². The third-order valence-electron chi connectivity index (χ3n) is 6.41. The van der Waals surface area contributed by atoms with E-state index in [0.29, 0.717) is 5.56 Å². The summed E-state index contributed by atoms with van der Waals surface area (Å²) in [5.41, 5.74) is -1.28. The van der Waals surface area contributed by atoms with Crippen molar-refractivity contribution in [3.8, 4) is 0 Å². The Morgan fingerprint density at radius 3 is 2.17 bits per heavy atom. The fourth-order valence-electron chi connectivity index (χ4n) is 3.52. The Labute approximate surface area is 209 Å². The maximum Gasteiger partial charge on any atom is 0.331 e. The normalized spacial score (nSPS) is 12.8. The second kappa shape index (κ2) is 10.8. The molecule has 0 unspecified atom stereocenters. The van der Waals surface area contributed by atoms with Crippen LogP contribution in [0.5, 0.6) is 0 Å². The average Bonchev–Trinajstić information content (AvgIpc) is 2.81. The number of aliphatic hydroxyl groups is 1. The molecule has 1 radical (unpaired) electrons. The first-order valence-electron chi connectivity index (χ1n) is 11.4. The molecule has 0 bridgehead atoms. The minimum atomic E-state index is -1.19. The van der Waals surface area contributed by atoms with E-state index in [2.05, 4.69) is 5.32 Å². The zero-order valence-electron chi connectivity index (χ0n) is 20.9. The number of rotatable bonds is 9. The molecule has 3 aromatic rings. The van der Waals surface area contributed by atoms with E-state index in [0.717, 1.165) is 34.4 Å². The molecule has 3 aromatic carbocycles. The molecule has 0 heterocycles. The number of halogens is 2. The quantitative estimate of drug-likeness (QED) is 0.350. The van der Waals surface area contributed by atoms with Crippen molar-refractivity contribution in [1.29, 1.82) is 0 Å². The summed E-state index contributed by atoms with van der Waals surface area (Å²) in [5.74, 6) is -3.88. The van der Waals surface area contributed by atoms with Crippen LogP contribution in [-0.4, -0.2) is 48.8 Å². The van der Waals surface area contributed by atoms with E-state index in [1.807, 2.05) is 24.3 Å². The topological polar surface area (TPSA) is 84.9 Å². The van der Waals surface area contributed by atoms with Gasteiger partial charge in [-0.25, -0.2) is 13.6 Å². The molecule has 0 saturated carbocycles. The molecule has 0 aliphatic carbocycles. The van der Waals surface area contributed by atoms with Crippen molar-refractivity contribution >= 4 is 35.6 Å². The van der Waals surface area contributed by atoms with Crippen LogP contribution in [0.2, 0.25) is 0 Å². The second-order valence-electron chi connectivity index (χ2n) is 9.51. The van der Waals surface area contributed by atoms with Gasteiger partial charge in [-0.15, -0.1) is 0 Å². The Bertz CT molecular complexity index is 1250. The van der Waals surface area contributed by atoms with Gasteiger partial charge in [0.15, 0.2) is 0 Å². The van der Waals surface area contributed by atoms with Gasteiger partial charge < -0.3 is 19.8 Å². The first-order valence-corrected chi connectivity index (χ1v) is 11.4. The maximum atomic E-state index is 14.1. The summed E-state index contributed by atoms with van der Waals surface area (Å²) in [4.78, 5) is 25.1. The molecular formula is C27H29BF2NO5. The van der Waals surface area contributed by atoms with Gasteiger partial charge in [-0.2, -0.15) is 0 Å². The van der Waals surface area contributed by atoms with Gasteiger partial charge in [0.1, 0.15) is 23.2 Å². The molecule has 9 heteroatoms. The van der Waals surface area contributed by atoms with Crippen molar-refractivity contribution in [3.05, 3.63) is 77.4 Å². The molecule has 36 heavy (non-hydrogen) atoms. The number of fused-ring (bicyclic) bond motifs is 1. The minimum Gasteiger partial charge on any atom is -0.467 e. The monoisotopic (exact) mass is 496 g/mol. The lowest BCUT2D eigenvalue weighted by atomic mass is 9.79. The van der Waals surface area contributed by atoms with Crippen molar-refractivity contribution in [2.75, 3.05) is 7.11 Å². The molecule has 0 saturated heterocycles. The van der Waals surface area contributed by atoms with Gasteiger partial charge >= 0.3 is 13.5 Å². The van der Waals surface area contributed by atoms with Crippen LogP contribution in [0.3, 0.4) is 0 Å². The number of esters is 1. The number of carbonyl (C=O) groups is 2. The Kier molecular flexibility index (Phi) is 8.16. The van der Waals surface area contributed by atoms with Crippen molar-refractivity contribution in [2.24, 2.45) is 0 Å². The number of methoxy groups -OCH3 is 1. The third kappa shape index (κ3) is 5.91. The Balaban J connectivity index is 1.91. The van der Waals surface area contributed by atoms with Crippen LogP contribution in [0, 0.1) is 11.6 Å². The highest BCUT2D eigenvalue weighted by Crippen LogP contribution is 2.25. The summed E-state index contributed by atoms with van der Waals surface area (Å²) < 4.78 is 38.9. The van der Waals surface area contributed by atoms with Crippen molar-refractivity contribution in [3.63, 3.8) is 0 Å². The number of amides is 1. The van der Waals surface area contributed by atoms with E-state index in [4.69, 9.17) is 9.39 Å². The molecular weight excluding hydrogens is 467 g/mol. The van der Waals surface area contributed by atoms with E-state index >= 15 is 0 Å². The van der Waals surface area contributed by atoms with E-state index in [-0.39, 0.29) is 6.42 Å². The van der Waals surface area contributed by atoms with E-state index in [1.54, 1.807) is 47.3 Å². The largest absolute Gasteiger partial charge is 0.467 e. The molecule has 0 aliphatic heterocycles. The Hall–Kier alpha value is -3.30. The van der Waals surface area contributed by atoms with Gasteiger partial charge in [0.05, 0.1) is 18.3 Å². The van der Waals surface area contributed by atoms with Gasteiger partial charge in [-0.1, -0.05) is 42.5 Å². The predicted molar refractivity (Wildman–Crippen MR) is 134 cm³/mol. The lowest BCUT2D eigenvalue weighted by Gasteiger charge is -2.37. The molecule has 0 spiro atoms. The van der Waals surface area contributed by atoms with E-state index < -0.39 is 46.3 Å². The average molecular weight is 496 g/mol. The van der Waals surface area contributed by atoms with Crippen LogP contribution in [0.4, 0.5) is 8.78 Å². The third-order valence-corrected chi connectivity index (χ3v) is 6.41. The molecule has 2 N–H and O–H groups in total. The summed E-state index contributed by atoms with van der Waals surface area (Å²) in [5, 5.41) is 14.4. The van der Waals surface area contributed by atoms with Crippen LogP contribution < -0.4 is 10.8 Å². The van der Waals surface area contributed by atoms with Crippen LogP contribution in [0.25, 0.3) is 10.8 Å². The zero-order chi connectivity index (χ0) is 26.7. The van der Waals surface area contributed by atoms with E-state index in [1.165, 1.54) is 7.11 Å². The number of benzene rings is 3. The SMILES string of the molecule is COC(=O)[C@H](Cc1ccc([B]OC(C)(C)C(C)(C)O)c2ccccc12)NC(=O)c1c(F)cccc1F. The molecule has 1 atom stereocenters. The number of nitrogens with one attached hydrogen (secondary N) is 1. The highest BCUT2D eigenvalue weighted by molar-refractivity contribution is 6.51. The highest BCUT2D eigenvalue weighted by atomic mass is 19.1. The molecule has 0 fully saturated rings. The van der Waals surface area contributed by atoms with Crippen molar-refractivity contribution in [1.82, 2.24) is 5.32 Å². The summed E-state index contributed by atoms with van der Waals surface area (Å²) in [6.07, 6.45) is 0.0191. The fraction of sp³-hybridized carbons (Fsp3) is 0.333. The Morgan fingerprint density at radius 1 is 0.972 bits per heavy atom. The van der Waals surface area contributed by atoms with Crippen LogP contribution >= 0.6 is 0 Å². The molecule has 189 valence electrons. The van der Waals surface area contributed by atoms with Crippen LogP contribution in [-0.2, 0) is 20.6 Å². The minimum absolute atomic E-state index is 0.0191. The summed E-state index contributed by atoms with van der Waals surface area (Å²) in [6.45, 7) is 6.89. The van der Waals surface area contributed by atoms with Gasteiger partial charge in [0, 0.05) is 6.42 Å². The van der Waals surface area contributed by atoms with Crippen LogP contribution in [0.1, 0.15) is 43.6 Å². The Morgan fingerprint density at radius 2 is 1.58 bits per heavy atom. The highest BCUT2D eigenvalue weighted by Gasteiger charge is 2.36. The van der Waals surface area contributed by atoms with Crippen molar-refractivity contribution < 1.29 is 32.9 Å². The summed E-state index contributed by atoms with van der Waals surface area (Å²) in [6, 6.07) is 12.9. The first kappa shape index (κ1) is 27.3. The van der Waals surface area contributed by atoms with Gasteiger partial charge in [-0.3, -0.25) is 4.79 Å².